The third kappa shape index (κ3) is 21.5. The first-order valence-corrected chi connectivity index (χ1v) is 38.5. The number of benzene rings is 3. The van der Waals surface area contributed by atoms with Crippen molar-refractivity contribution in [3.8, 4) is 50.6 Å². The number of anilines is 3. The number of nitrogens with two attached hydrogens (primary N) is 5. The maximum atomic E-state index is 14.0. The summed E-state index contributed by atoms with van der Waals surface area (Å²) in [4.78, 5) is 41.7. The van der Waals surface area contributed by atoms with E-state index in [1.807, 2.05) is 113 Å². The normalized spacial score (nSPS) is 15.2. The topological polar surface area (TPSA) is 321 Å². The number of carbonyl (C=O) groups is 2. The highest BCUT2D eigenvalue weighted by Gasteiger charge is 2.29. The molecule has 11 N–H and O–H groups in total. The number of nitrogen functional groups attached to an aromatic ring is 3. The van der Waals surface area contributed by atoms with Gasteiger partial charge in [-0.05, 0) is 159 Å². The molecule has 0 unspecified atom stereocenters. The Morgan fingerprint density at radius 1 is 0.491 bits per heavy atom. The summed E-state index contributed by atoms with van der Waals surface area (Å²) in [5.41, 5.74) is 38.1. The van der Waals surface area contributed by atoms with Gasteiger partial charge in [0.1, 0.15) is 30.7 Å². The van der Waals surface area contributed by atoms with Crippen LogP contribution in [0.4, 0.5) is 21.8 Å². The Hall–Kier alpha value is -8.05. The number of hydrogen-bond acceptors (Lipinski definition) is 19. The van der Waals surface area contributed by atoms with E-state index in [-0.39, 0.29) is 58.3 Å². The van der Waals surface area contributed by atoms with Gasteiger partial charge in [0, 0.05) is 141 Å². The fourth-order valence-electron chi connectivity index (χ4n) is 13.1. The molecule has 2 amide bonds. The smallest absolute Gasteiger partial charge is 0.248 e. The van der Waals surface area contributed by atoms with Gasteiger partial charge < -0.3 is 67.5 Å². The largest absolute Gasteiger partial charge is 0.482 e. The lowest BCUT2D eigenvalue weighted by atomic mass is 10.0. The number of aryl methyl sites for hydroxylation is 2. The van der Waals surface area contributed by atoms with Gasteiger partial charge in [-0.2, -0.15) is 15.3 Å². The molecule has 3 fully saturated rings. The zero-order valence-electron chi connectivity index (χ0n) is 61.2. The van der Waals surface area contributed by atoms with Crippen molar-refractivity contribution in [1.29, 1.82) is 0 Å². The number of piperidine rings is 3. The SMILES string of the molecule is C[C@H](Oc1cc(-c2cnn(C3CCN(C(=O)COCCOCCN)CC3)c2)cnc1N)c1c(Cl)ccc(F)c1Cl.Cc1ccc(Cl)c([C@H](C)Oc2cc(-c3cnn(C4CCN(C(=O)CCCCCN)CC4)c3)cnc2N)c1Cl.Cc1ccc(Cl)c([C@H](C)Oc2cc(-c3cnn(C4CCNCC4)c3)cnc2N)c1Cl. The summed E-state index contributed by atoms with van der Waals surface area (Å²) in [6.45, 7) is 16.6. The Morgan fingerprint density at radius 3 is 1.30 bits per heavy atom. The van der Waals surface area contributed by atoms with Gasteiger partial charge in [0.15, 0.2) is 34.7 Å². The molecule has 0 spiro atoms. The van der Waals surface area contributed by atoms with Crippen LogP contribution in [0.3, 0.4) is 0 Å². The van der Waals surface area contributed by atoms with Crippen molar-refractivity contribution in [2.24, 2.45) is 11.5 Å². The van der Waals surface area contributed by atoms with Crippen LogP contribution in [0.2, 0.25) is 30.1 Å². The Kier molecular flexibility index (Phi) is 30.2. The van der Waals surface area contributed by atoms with Crippen LogP contribution < -0.4 is 48.2 Å². The first-order valence-electron chi connectivity index (χ1n) is 36.2. The number of carbonyl (C=O) groups excluding carboxylic acids is 2. The monoisotopic (exact) mass is 1600 g/mol. The Labute approximate surface area is 659 Å². The molecule has 108 heavy (non-hydrogen) atoms. The van der Waals surface area contributed by atoms with Crippen molar-refractivity contribution in [3.63, 3.8) is 0 Å². The van der Waals surface area contributed by atoms with Crippen molar-refractivity contribution in [3.05, 3.63) is 174 Å². The van der Waals surface area contributed by atoms with E-state index in [0.717, 1.165) is 134 Å². The second kappa shape index (κ2) is 39.5. The van der Waals surface area contributed by atoms with Crippen LogP contribution in [0, 0.1) is 19.7 Å². The van der Waals surface area contributed by atoms with Crippen molar-refractivity contribution >= 4 is 98.9 Å². The molecule has 9 heterocycles. The van der Waals surface area contributed by atoms with E-state index in [1.165, 1.54) is 12.1 Å². The standard InChI is InChI=1S/C28H36Cl2N6O2.C27H33Cl2FN6O4.C22H25Cl2N5O/c1-18-7-8-23(29)26(27(18)30)19(2)38-24-14-20(15-33-28(24)32)21-16-34-36(17-21)22-9-12-35(13-10-22)25(37)6-4-3-5-11-31;1-17(25-21(28)2-3-22(30)26(25)29)40-23-12-18(13-33-27(23)32)19-14-34-36(15-19)20-4-7-35(8-5-20)24(37)16-39-11-10-38-9-6-31;1-13-3-4-18(23)20(21(13)24)14(2)30-19-9-15(10-27-22(19)25)16-11-28-29(12-16)17-5-7-26-8-6-17/h7-8,14-17,19,22H,3-6,9-13,31H2,1-2H3,(H2,32,33);2-3,12-15,17,20H,4-11,16,31H2,1H3,(H2,32,33);3-4,9-12,14,17,26H,5-8H2,1-2H3,(H2,25,27)/t19-;17-;14-/m000/s1. The molecule has 24 nitrogen and oxygen atoms in total. The van der Waals surface area contributed by atoms with Crippen molar-refractivity contribution in [2.75, 3.05) is 96.0 Å². The number of pyridine rings is 3. The van der Waals surface area contributed by atoms with E-state index in [0.29, 0.717) is 113 Å². The van der Waals surface area contributed by atoms with Crippen LogP contribution in [-0.4, -0.2) is 145 Å². The van der Waals surface area contributed by atoms with Crippen molar-refractivity contribution in [2.45, 2.75) is 135 Å². The molecule has 0 saturated carbocycles. The number of rotatable bonds is 27. The van der Waals surface area contributed by atoms with Gasteiger partial charge in [-0.1, -0.05) is 88.2 Å². The fraction of sp³-hybridized carbons (Fsp3) is 0.429. The summed E-state index contributed by atoms with van der Waals surface area (Å²) in [7, 11) is 0. The molecule has 0 bridgehead atoms. The third-order valence-corrected chi connectivity index (χ3v) is 21.7. The van der Waals surface area contributed by atoms with Gasteiger partial charge in [0.2, 0.25) is 11.8 Å². The zero-order chi connectivity index (χ0) is 77.1. The maximum absolute atomic E-state index is 14.0. The molecule has 3 aliphatic rings. The molecule has 578 valence electrons. The van der Waals surface area contributed by atoms with Crippen molar-refractivity contribution < 1.29 is 37.7 Å². The number of amides is 2. The molecule has 3 saturated heterocycles. The lowest BCUT2D eigenvalue weighted by Gasteiger charge is -2.32. The van der Waals surface area contributed by atoms with E-state index in [2.05, 4.69) is 41.8 Å². The Bertz CT molecular complexity index is 4490. The number of ether oxygens (including phenoxy) is 5. The van der Waals surface area contributed by atoms with Gasteiger partial charge in [0.05, 0.1) is 71.6 Å². The number of nitrogens with zero attached hydrogens (tertiary/aromatic N) is 11. The first-order chi connectivity index (χ1) is 52.0. The molecule has 31 heteroatoms. The lowest BCUT2D eigenvalue weighted by molar-refractivity contribution is -0.138. The number of aromatic nitrogens is 9. The van der Waals surface area contributed by atoms with Gasteiger partial charge >= 0.3 is 0 Å². The molecule has 3 aliphatic heterocycles. The third-order valence-electron chi connectivity index (χ3n) is 19.3. The summed E-state index contributed by atoms with van der Waals surface area (Å²) in [6, 6.07) is 16.4. The van der Waals surface area contributed by atoms with Gasteiger partial charge in [0.25, 0.3) is 0 Å². The molecule has 12 rings (SSSR count). The molecule has 0 radical (unpaired) electrons. The van der Waals surface area contributed by atoms with Gasteiger partial charge in [-0.25, -0.2) is 19.3 Å². The minimum absolute atomic E-state index is 0.0334. The average Bonchev–Trinajstić information content (AvgIpc) is 1.07. The highest BCUT2D eigenvalue weighted by Crippen LogP contribution is 2.42. The maximum Gasteiger partial charge on any atom is 0.248 e. The van der Waals surface area contributed by atoms with Crippen LogP contribution in [0.1, 0.15) is 149 Å². The second-order valence-electron chi connectivity index (χ2n) is 26.9. The summed E-state index contributed by atoms with van der Waals surface area (Å²) >= 11 is 38.2. The minimum Gasteiger partial charge on any atom is -0.482 e. The van der Waals surface area contributed by atoms with E-state index in [9.17, 15) is 14.0 Å². The summed E-state index contributed by atoms with van der Waals surface area (Å²) in [5.74, 6) is 1.65. The Balaban J connectivity index is 0.000000175. The predicted octanol–water partition coefficient (Wildman–Crippen LogP) is 15.4. The fourth-order valence-corrected chi connectivity index (χ4v) is 15.1. The van der Waals surface area contributed by atoms with Crippen LogP contribution in [0.15, 0.2) is 110 Å². The predicted molar refractivity (Wildman–Crippen MR) is 425 cm³/mol. The highest BCUT2D eigenvalue weighted by atomic mass is 35.5. The van der Waals surface area contributed by atoms with E-state index in [4.69, 9.17) is 122 Å². The lowest BCUT2D eigenvalue weighted by Crippen LogP contribution is -2.41. The minimum atomic E-state index is -0.680. The van der Waals surface area contributed by atoms with Gasteiger partial charge in [-0.15, -0.1) is 0 Å². The van der Waals surface area contributed by atoms with Gasteiger partial charge in [-0.3, -0.25) is 23.6 Å². The molecule has 0 aliphatic carbocycles. The number of hydrogen-bond donors (Lipinski definition) is 6. The van der Waals surface area contributed by atoms with Crippen LogP contribution >= 0.6 is 69.6 Å². The molecular formula is C77H94Cl6FN17O7. The number of nitrogens with one attached hydrogen (secondary N) is 1. The highest BCUT2D eigenvalue weighted by molar-refractivity contribution is 6.37. The molecule has 3 aromatic carbocycles. The van der Waals surface area contributed by atoms with Crippen LogP contribution in [0.25, 0.3) is 33.4 Å². The van der Waals surface area contributed by atoms with E-state index in [1.54, 1.807) is 37.8 Å². The number of likely N-dealkylation sites (tertiary alicyclic amines) is 2. The number of halogens is 7. The molecular weight excluding hydrogens is 1510 g/mol. The van der Waals surface area contributed by atoms with Crippen LogP contribution in [-0.2, 0) is 19.1 Å². The quantitative estimate of drug-likeness (QED) is 0.0206. The summed E-state index contributed by atoms with van der Waals surface area (Å²) in [6.07, 6.45) is 24.0. The Morgan fingerprint density at radius 2 is 0.880 bits per heavy atom. The summed E-state index contributed by atoms with van der Waals surface area (Å²) in [5, 5.41) is 19.6. The summed E-state index contributed by atoms with van der Waals surface area (Å²) < 4.78 is 48.9. The first kappa shape index (κ1) is 82.4. The molecule has 6 aromatic heterocycles. The van der Waals surface area contributed by atoms with E-state index >= 15 is 0 Å². The second-order valence-corrected chi connectivity index (χ2v) is 29.3. The average molecular weight is 1600 g/mol. The number of unbranched alkanes of at least 4 members (excludes halogenated alkanes) is 2. The van der Waals surface area contributed by atoms with Crippen molar-refractivity contribution in [1.82, 2.24) is 59.4 Å². The van der Waals surface area contributed by atoms with Crippen LogP contribution in [0.5, 0.6) is 17.2 Å². The molecule has 3 atom stereocenters. The zero-order valence-corrected chi connectivity index (χ0v) is 65.8. The molecule has 9 aromatic rings. The van der Waals surface area contributed by atoms with E-state index < -0.39 is 18.0 Å².